The first kappa shape index (κ1) is 11.4. The molecule has 0 aliphatic carbocycles. The lowest BCUT2D eigenvalue weighted by atomic mass is 10.1. The minimum absolute atomic E-state index is 0.461. The second-order valence-corrected chi connectivity index (χ2v) is 5.43. The first-order chi connectivity index (χ1) is 8.74. The van der Waals surface area contributed by atoms with Crippen LogP contribution in [0.1, 0.15) is 25.5 Å². The highest BCUT2D eigenvalue weighted by molar-refractivity contribution is 7.13. The highest BCUT2D eigenvalue weighted by Gasteiger charge is 2.08. The molecule has 1 radical (unpaired) electrons. The van der Waals surface area contributed by atoms with E-state index < -0.39 is 0 Å². The number of pyridine rings is 1. The summed E-state index contributed by atoms with van der Waals surface area (Å²) in [5, 5.41) is 4.24. The van der Waals surface area contributed by atoms with Gasteiger partial charge in [0.1, 0.15) is 11.2 Å². The molecule has 0 N–H and O–H groups in total. The van der Waals surface area contributed by atoms with Gasteiger partial charge in [0, 0.05) is 16.3 Å². The van der Waals surface area contributed by atoms with Gasteiger partial charge in [0.15, 0.2) is 0 Å². The molecule has 0 saturated carbocycles. The van der Waals surface area contributed by atoms with Gasteiger partial charge >= 0.3 is 0 Å². The number of aromatic nitrogens is 2. The molecule has 0 aliphatic rings. The van der Waals surface area contributed by atoms with E-state index in [2.05, 4.69) is 47.5 Å². The number of thiazole rings is 1. The molecule has 3 heteroatoms. The van der Waals surface area contributed by atoms with Gasteiger partial charge in [-0.3, -0.25) is 0 Å². The van der Waals surface area contributed by atoms with Crippen molar-refractivity contribution in [2.75, 3.05) is 0 Å². The second-order valence-electron chi connectivity index (χ2n) is 4.57. The van der Waals surface area contributed by atoms with Crippen LogP contribution in [0.4, 0.5) is 0 Å². The number of hydrogen-bond donors (Lipinski definition) is 0. The van der Waals surface area contributed by atoms with E-state index in [-0.39, 0.29) is 0 Å². The average Bonchev–Trinajstić information content (AvgIpc) is 2.88. The molecule has 89 valence electrons. The van der Waals surface area contributed by atoms with E-state index in [1.165, 1.54) is 0 Å². The fourth-order valence-corrected chi connectivity index (χ4v) is 2.75. The van der Waals surface area contributed by atoms with Crippen molar-refractivity contribution in [2.45, 2.75) is 19.8 Å². The van der Waals surface area contributed by atoms with E-state index in [0.717, 1.165) is 27.2 Å². The van der Waals surface area contributed by atoms with Crippen LogP contribution in [0.5, 0.6) is 0 Å². The Morgan fingerprint density at radius 2 is 2.06 bits per heavy atom. The summed E-state index contributed by atoms with van der Waals surface area (Å²) in [7, 11) is 0. The lowest BCUT2D eigenvalue weighted by Crippen LogP contribution is -1.87. The number of fused-ring (bicyclic) bond motifs is 1. The Balaban J connectivity index is 2.07. The van der Waals surface area contributed by atoms with Crippen LogP contribution in [-0.2, 0) is 0 Å². The minimum Gasteiger partial charge on any atom is -0.245 e. The van der Waals surface area contributed by atoms with Crippen molar-refractivity contribution in [3.63, 3.8) is 0 Å². The van der Waals surface area contributed by atoms with E-state index in [4.69, 9.17) is 0 Å². The van der Waals surface area contributed by atoms with Crippen LogP contribution in [0.15, 0.2) is 35.7 Å². The molecule has 3 rings (SSSR count). The Morgan fingerprint density at radius 1 is 1.22 bits per heavy atom. The van der Waals surface area contributed by atoms with Gasteiger partial charge in [0.05, 0.1) is 11.2 Å². The van der Waals surface area contributed by atoms with Crippen LogP contribution in [0.3, 0.4) is 0 Å². The Morgan fingerprint density at radius 3 is 2.83 bits per heavy atom. The molecule has 0 saturated heterocycles. The molecule has 0 bridgehead atoms. The topological polar surface area (TPSA) is 25.8 Å². The van der Waals surface area contributed by atoms with Crippen molar-refractivity contribution in [3.8, 4) is 10.6 Å². The summed E-state index contributed by atoms with van der Waals surface area (Å²) in [4.78, 5) is 8.99. The van der Waals surface area contributed by atoms with Gasteiger partial charge in [-0.15, -0.1) is 11.3 Å². The quantitative estimate of drug-likeness (QED) is 0.681. The van der Waals surface area contributed by atoms with Gasteiger partial charge < -0.3 is 0 Å². The van der Waals surface area contributed by atoms with Crippen LogP contribution < -0.4 is 0 Å². The maximum atomic E-state index is 4.63. The predicted molar refractivity (Wildman–Crippen MR) is 75.8 cm³/mol. The Bertz CT molecular complexity index is 686. The highest BCUT2D eigenvalue weighted by Crippen LogP contribution is 2.27. The number of rotatable bonds is 2. The van der Waals surface area contributed by atoms with Crippen LogP contribution in [0.25, 0.3) is 21.5 Å². The van der Waals surface area contributed by atoms with E-state index >= 15 is 0 Å². The average molecular weight is 253 g/mol. The third-order valence-corrected chi connectivity index (χ3v) is 3.77. The molecule has 1 aromatic carbocycles. The zero-order valence-electron chi connectivity index (χ0n) is 10.3. The van der Waals surface area contributed by atoms with Crippen molar-refractivity contribution in [1.82, 2.24) is 9.97 Å². The summed E-state index contributed by atoms with van der Waals surface area (Å²) in [5.41, 5.74) is 3.09. The third-order valence-electron chi connectivity index (χ3n) is 2.88. The maximum Gasteiger partial charge on any atom is 0.125 e. The summed E-state index contributed by atoms with van der Waals surface area (Å²) < 4.78 is 0. The molecule has 18 heavy (non-hydrogen) atoms. The summed E-state index contributed by atoms with van der Waals surface area (Å²) in [6.45, 7) is 4.31. The van der Waals surface area contributed by atoms with E-state index in [1.54, 1.807) is 11.3 Å². The lowest BCUT2D eigenvalue weighted by Gasteiger charge is -2.00. The zero-order valence-corrected chi connectivity index (χ0v) is 11.2. The van der Waals surface area contributed by atoms with E-state index in [0.29, 0.717) is 5.92 Å². The van der Waals surface area contributed by atoms with Crippen molar-refractivity contribution in [2.24, 2.45) is 0 Å². The molecule has 2 nitrogen and oxygen atoms in total. The summed E-state index contributed by atoms with van der Waals surface area (Å²) >= 11 is 1.66. The Hall–Kier alpha value is -1.74. The lowest BCUT2D eigenvalue weighted by molar-refractivity contribution is 0.834. The number of nitrogens with zero attached hydrogens (tertiary/aromatic N) is 2. The first-order valence-electron chi connectivity index (χ1n) is 5.97. The molecular weight excluding hydrogens is 240 g/mol. The molecule has 0 aliphatic heterocycles. The molecule has 0 unspecified atom stereocenters. The summed E-state index contributed by atoms with van der Waals surface area (Å²) in [6.07, 6.45) is 3.08. The van der Waals surface area contributed by atoms with Crippen LogP contribution in [0, 0.1) is 6.20 Å². The fraction of sp³-hybridized carbons (Fsp3) is 0.200. The molecular formula is C15H13N2S. The minimum atomic E-state index is 0.461. The number of hydrogen-bond acceptors (Lipinski definition) is 3. The van der Waals surface area contributed by atoms with Gasteiger partial charge in [0.25, 0.3) is 0 Å². The second kappa shape index (κ2) is 4.50. The SMILES string of the molecule is CC(C)c1csc(-c2[c]nc3ccccc3c2)n1. The molecule has 2 aromatic heterocycles. The monoisotopic (exact) mass is 253 g/mol. The van der Waals surface area contributed by atoms with Gasteiger partial charge in [0.2, 0.25) is 0 Å². The zero-order chi connectivity index (χ0) is 12.5. The van der Waals surface area contributed by atoms with Gasteiger partial charge in [-0.2, -0.15) is 0 Å². The van der Waals surface area contributed by atoms with Gasteiger partial charge in [-0.1, -0.05) is 32.0 Å². The molecule has 3 aromatic rings. The smallest absolute Gasteiger partial charge is 0.125 e. The van der Waals surface area contributed by atoms with E-state index in [1.807, 2.05) is 18.2 Å². The number of benzene rings is 1. The molecule has 0 fully saturated rings. The Labute approximate surface area is 110 Å². The van der Waals surface area contributed by atoms with Crippen molar-refractivity contribution < 1.29 is 0 Å². The van der Waals surface area contributed by atoms with Crippen molar-refractivity contribution >= 4 is 22.2 Å². The van der Waals surface area contributed by atoms with Crippen LogP contribution >= 0.6 is 11.3 Å². The normalized spacial score (nSPS) is 11.3. The predicted octanol–water partition coefficient (Wildman–Crippen LogP) is 4.28. The first-order valence-corrected chi connectivity index (χ1v) is 6.85. The molecule has 0 atom stereocenters. The summed E-state index contributed by atoms with van der Waals surface area (Å²) in [6, 6.07) is 10.2. The number of para-hydroxylation sites is 1. The van der Waals surface area contributed by atoms with Gasteiger partial charge in [-0.05, 0) is 18.1 Å². The molecule has 0 spiro atoms. The fourth-order valence-electron chi connectivity index (χ4n) is 1.80. The van der Waals surface area contributed by atoms with Crippen LogP contribution in [-0.4, -0.2) is 9.97 Å². The maximum absolute atomic E-state index is 4.63. The molecule has 2 heterocycles. The van der Waals surface area contributed by atoms with Crippen molar-refractivity contribution in [3.05, 3.63) is 47.6 Å². The Kier molecular flexibility index (Phi) is 2.84. The highest BCUT2D eigenvalue weighted by atomic mass is 32.1. The van der Waals surface area contributed by atoms with Crippen molar-refractivity contribution in [1.29, 1.82) is 0 Å². The van der Waals surface area contributed by atoms with E-state index in [9.17, 15) is 0 Å². The summed E-state index contributed by atoms with van der Waals surface area (Å²) in [5.74, 6) is 0.461. The van der Waals surface area contributed by atoms with Crippen LogP contribution in [0.2, 0.25) is 0 Å². The largest absolute Gasteiger partial charge is 0.245 e. The molecule has 0 amide bonds. The third kappa shape index (κ3) is 2.02. The standard InChI is InChI=1S/C15H13N2S/c1-10(2)14-9-18-15(17-14)12-7-11-5-3-4-6-13(11)16-8-12/h3-7,9-10H,1-2H3. The van der Waals surface area contributed by atoms with Gasteiger partial charge in [-0.25, -0.2) is 9.97 Å².